The topological polar surface area (TPSA) is 76.7 Å². The first-order valence-electron chi connectivity index (χ1n) is 5.08. The smallest absolute Gasteiger partial charge is 0.222 e. The molecule has 0 bridgehead atoms. The van der Waals surface area contributed by atoms with Crippen LogP contribution in [-0.2, 0) is 0 Å². The van der Waals surface area contributed by atoms with Gasteiger partial charge in [0.2, 0.25) is 5.95 Å². The monoisotopic (exact) mass is 253 g/mol. The molecule has 0 spiro atoms. The number of nitrogens with two attached hydrogens (primary N) is 1. The van der Waals surface area contributed by atoms with E-state index in [-0.39, 0.29) is 17.7 Å². The molecular weight excluding hydrogens is 241 g/mol. The fraction of sp³-hybridized carbons (Fsp3) is 0.300. The van der Waals surface area contributed by atoms with E-state index in [1.54, 1.807) is 17.5 Å². The first-order valence-corrected chi connectivity index (χ1v) is 5.96. The second-order valence-electron chi connectivity index (χ2n) is 3.58. The normalized spacial score (nSPS) is 12.4. The van der Waals surface area contributed by atoms with Crippen LogP contribution in [0.2, 0.25) is 0 Å². The molecule has 2 aromatic heterocycles. The van der Waals surface area contributed by atoms with Crippen molar-refractivity contribution in [1.29, 1.82) is 0 Å². The van der Waals surface area contributed by atoms with Crippen LogP contribution in [0, 0.1) is 5.82 Å². The molecule has 0 radical (unpaired) electrons. The van der Waals surface area contributed by atoms with E-state index in [2.05, 4.69) is 20.3 Å². The van der Waals surface area contributed by atoms with E-state index in [1.807, 2.05) is 12.3 Å². The van der Waals surface area contributed by atoms with Crippen LogP contribution in [0.1, 0.15) is 17.8 Å². The van der Waals surface area contributed by atoms with Crippen molar-refractivity contribution in [2.75, 3.05) is 17.6 Å². The second-order valence-corrected chi connectivity index (χ2v) is 4.50. The number of hydrogen-bond acceptors (Lipinski definition) is 6. The highest BCUT2D eigenvalue weighted by Crippen LogP contribution is 2.18. The summed E-state index contributed by atoms with van der Waals surface area (Å²) in [4.78, 5) is 11.5. The molecule has 17 heavy (non-hydrogen) atoms. The van der Waals surface area contributed by atoms with Gasteiger partial charge in [-0.2, -0.15) is 4.98 Å². The van der Waals surface area contributed by atoms with E-state index in [0.29, 0.717) is 6.54 Å². The van der Waals surface area contributed by atoms with Gasteiger partial charge in [-0.25, -0.2) is 14.4 Å². The van der Waals surface area contributed by atoms with Gasteiger partial charge in [0.1, 0.15) is 0 Å². The van der Waals surface area contributed by atoms with Crippen molar-refractivity contribution in [1.82, 2.24) is 15.0 Å². The Morgan fingerprint density at radius 2 is 2.35 bits per heavy atom. The lowest BCUT2D eigenvalue weighted by Gasteiger charge is -2.11. The number of hydrogen-bond donors (Lipinski definition) is 2. The summed E-state index contributed by atoms with van der Waals surface area (Å²) in [6, 6.07) is 0. The molecule has 0 fully saturated rings. The van der Waals surface area contributed by atoms with Crippen molar-refractivity contribution in [3.8, 4) is 0 Å². The van der Waals surface area contributed by atoms with Crippen LogP contribution in [0.4, 0.5) is 16.2 Å². The Balaban J connectivity index is 2.00. The Morgan fingerprint density at radius 1 is 1.53 bits per heavy atom. The van der Waals surface area contributed by atoms with E-state index in [0.717, 1.165) is 11.2 Å². The van der Waals surface area contributed by atoms with Crippen LogP contribution in [0.5, 0.6) is 0 Å². The molecule has 0 amide bonds. The van der Waals surface area contributed by atoms with E-state index in [1.165, 1.54) is 0 Å². The highest BCUT2D eigenvalue weighted by molar-refractivity contribution is 7.09. The minimum atomic E-state index is -0.509. The van der Waals surface area contributed by atoms with Crippen LogP contribution < -0.4 is 11.1 Å². The largest absolute Gasteiger partial charge is 0.368 e. The van der Waals surface area contributed by atoms with Gasteiger partial charge in [0.15, 0.2) is 11.6 Å². The molecule has 1 unspecified atom stereocenters. The van der Waals surface area contributed by atoms with Crippen molar-refractivity contribution >= 4 is 23.1 Å². The summed E-state index contributed by atoms with van der Waals surface area (Å²) in [6.45, 7) is 2.55. The molecule has 0 aliphatic heterocycles. The van der Waals surface area contributed by atoms with Gasteiger partial charge in [-0.1, -0.05) is 6.92 Å². The highest BCUT2D eigenvalue weighted by atomic mass is 32.1. The fourth-order valence-electron chi connectivity index (χ4n) is 1.32. The zero-order valence-corrected chi connectivity index (χ0v) is 10.0. The Kier molecular flexibility index (Phi) is 3.48. The molecule has 3 N–H and O–H groups in total. The maximum atomic E-state index is 13.3. The van der Waals surface area contributed by atoms with Gasteiger partial charge in [-0.05, 0) is 0 Å². The minimum Gasteiger partial charge on any atom is -0.368 e. The molecule has 2 aromatic rings. The lowest BCUT2D eigenvalue weighted by Crippen LogP contribution is -2.13. The van der Waals surface area contributed by atoms with Crippen LogP contribution >= 0.6 is 11.3 Å². The SMILES string of the molecule is CC(CNc1nc(N)ncc1F)c1nccs1. The number of nitrogens with zero attached hydrogens (tertiary/aromatic N) is 3. The summed E-state index contributed by atoms with van der Waals surface area (Å²) in [5.41, 5.74) is 5.39. The highest BCUT2D eigenvalue weighted by Gasteiger charge is 2.10. The van der Waals surface area contributed by atoms with Gasteiger partial charge in [-0.15, -0.1) is 11.3 Å². The van der Waals surface area contributed by atoms with Gasteiger partial charge in [-0.3, -0.25) is 0 Å². The number of rotatable bonds is 4. The van der Waals surface area contributed by atoms with Crippen LogP contribution in [0.15, 0.2) is 17.8 Å². The predicted molar refractivity (Wildman–Crippen MR) is 65.4 cm³/mol. The van der Waals surface area contributed by atoms with Crippen LogP contribution in [0.25, 0.3) is 0 Å². The molecule has 0 aliphatic carbocycles. The predicted octanol–water partition coefficient (Wildman–Crippen LogP) is 1.87. The molecule has 1 atom stereocenters. The van der Waals surface area contributed by atoms with Gasteiger partial charge in [0.25, 0.3) is 0 Å². The lowest BCUT2D eigenvalue weighted by atomic mass is 10.2. The fourth-order valence-corrected chi connectivity index (χ4v) is 2.02. The molecule has 7 heteroatoms. The number of nitrogen functional groups attached to an aromatic ring is 1. The van der Waals surface area contributed by atoms with E-state index < -0.39 is 5.82 Å². The quantitative estimate of drug-likeness (QED) is 0.869. The van der Waals surface area contributed by atoms with E-state index in [4.69, 9.17) is 5.73 Å². The number of aromatic nitrogens is 3. The standard InChI is InChI=1S/C10H12FN5S/c1-6(9-13-2-3-17-9)4-14-8-7(11)5-15-10(12)16-8/h2-3,5-6H,4H2,1H3,(H3,12,14,15,16). The molecular formula is C10H12FN5S. The number of halogens is 1. The minimum absolute atomic E-state index is 0.0517. The summed E-state index contributed by atoms with van der Waals surface area (Å²) < 4.78 is 13.3. The Labute approximate surface area is 102 Å². The molecule has 2 heterocycles. The molecule has 5 nitrogen and oxygen atoms in total. The molecule has 0 saturated heterocycles. The average Bonchev–Trinajstić information content (AvgIpc) is 2.83. The average molecular weight is 253 g/mol. The van der Waals surface area contributed by atoms with Gasteiger partial charge in [0.05, 0.1) is 11.2 Å². The van der Waals surface area contributed by atoms with Gasteiger partial charge >= 0.3 is 0 Å². The van der Waals surface area contributed by atoms with Gasteiger partial charge < -0.3 is 11.1 Å². The van der Waals surface area contributed by atoms with Crippen molar-refractivity contribution in [2.24, 2.45) is 0 Å². The Hall–Kier alpha value is -1.76. The molecule has 2 rings (SSSR count). The number of thiazole rings is 1. The zero-order chi connectivity index (χ0) is 12.3. The maximum Gasteiger partial charge on any atom is 0.222 e. The van der Waals surface area contributed by atoms with Crippen molar-refractivity contribution < 1.29 is 4.39 Å². The van der Waals surface area contributed by atoms with Crippen molar-refractivity contribution in [2.45, 2.75) is 12.8 Å². The number of anilines is 2. The molecule has 0 aromatic carbocycles. The first-order chi connectivity index (χ1) is 8.16. The van der Waals surface area contributed by atoms with Gasteiger partial charge in [0, 0.05) is 24.0 Å². The van der Waals surface area contributed by atoms with E-state index >= 15 is 0 Å². The molecule has 0 saturated carbocycles. The third-order valence-electron chi connectivity index (χ3n) is 2.21. The third-order valence-corrected chi connectivity index (χ3v) is 3.22. The van der Waals surface area contributed by atoms with Crippen molar-refractivity contribution in [3.05, 3.63) is 28.6 Å². The summed E-state index contributed by atoms with van der Waals surface area (Å²) in [6.07, 6.45) is 2.80. The maximum absolute atomic E-state index is 13.3. The second kappa shape index (κ2) is 5.05. The van der Waals surface area contributed by atoms with Crippen molar-refractivity contribution in [3.63, 3.8) is 0 Å². The summed E-state index contributed by atoms with van der Waals surface area (Å²) in [5, 5.41) is 5.81. The zero-order valence-electron chi connectivity index (χ0n) is 9.22. The van der Waals surface area contributed by atoms with Crippen LogP contribution in [-0.4, -0.2) is 21.5 Å². The summed E-state index contributed by atoms with van der Waals surface area (Å²) in [7, 11) is 0. The third kappa shape index (κ3) is 2.88. The molecule has 0 aliphatic rings. The Bertz CT molecular complexity index is 487. The number of nitrogens with one attached hydrogen (secondary N) is 1. The first kappa shape index (κ1) is 11.7. The van der Waals surface area contributed by atoms with E-state index in [9.17, 15) is 4.39 Å². The Morgan fingerprint density at radius 3 is 3.06 bits per heavy atom. The summed E-state index contributed by atoms with van der Waals surface area (Å²) in [5.74, 6) is -0.146. The summed E-state index contributed by atoms with van der Waals surface area (Å²) >= 11 is 1.57. The molecule has 90 valence electrons. The van der Waals surface area contributed by atoms with Crippen LogP contribution in [0.3, 0.4) is 0 Å². The lowest BCUT2D eigenvalue weighted by molar-refractivity contribution is 0.616.